The van der Waals surface area contributed by atoms with Gasteiger partial charge in [-0.2, -0.15) is 0 Å². The standard InChI is InChI=1S/C11H20O2/c1-3-8(2)7-9-5-4-6-10(9)11(12)13/h8-10H,3-7H2,1-2H3,(H,12,13). The van der Waals surface area contributed by atoms with E-state index >= 15 is 0 Å². The summed E-state index contributed by atoms with van der Waals surface area (Å²) in [5.41, 5.74) is 0. The Morgan fingerprint density at radius 3 is 2.77 bits per heavy atom. The molecule has 1 rings (SSSR count). The zero-order chi connectivity index (χ0) is 9.84. The molecule has 1 N–H and O–H groups in total. The monoisotopic (exact) mass is 184 g/mol. The Morgan fingerprint density at radius 1 is 1.54 bits per heavy atom. The smallest absolute Gasteiger partial charge is 0.306 e. The fourth-order valence-corrected chi connectivity index (χ4v) is 2.33. The highest BCUT2D eigenvalue weighted by Crippen LogP contribution is 2.36. The van der Waals surface area contributed by atoms with Gasteiger partial charge in [0.25, 0.3) is 0 Å². The van der Waals surface area contributed by atoms with Crippen molar-refractivity contribution in [1.82, 2.24) is 0 Å². The van der Waals surface area contributed by atoms with Crippen LogP contribution in [0.4, 0.5) is 0 Å². The highest BCUT2D eigenvalue weighted by atomic mass is 16.4. The third kappa shape index (κ3) is 2.71. The van der Waals surface area contributed by atoms with E-state index < -0.39 is 5.97 Å². The maximum atomic E-state index is 10.9. The van der Waals surface area contributed by atoms with Crippen LogP contribution in [0.15, 0.2) is 0 Å². The first-order valence-corrected chi connectivity index (χ1v) is 5.38. The average Bonchev–Trinajstić information content (AvgIpc) is 2.52. The molecule has 0 amide bonds. The van der Waals surface area contributed by atoms with Gasteiger partial charge in [0.1, 0.15) is 0 Å². The summed E-state index contributed by atoms with van der Waals surface area (Å²) in [6.45, 7) is 4.40. The number of carboxylic acid groups (broad SMARTS) is 1. The summed E-state index contributed by atoms with van der Waals surface area (Å²) in [7, 11) is 0. The Kier molecular flexibility index (Phi) is 3.76. The number of carbonyl (C=O) groups is 1. The van der Waals surface area contributed by atoms with E-state index in [1.54, 1.807) is 0 Å². The van der Waals surface area contributed by atoms with E-state index in [9.17, 15) is 4.79 Å². The van der Waals surface area contributed by atoms with Crippen molar-refractivity contribution in [3.05, 3.63) is 0 Å². The molecule has 3 unspecified atom stereocenters. The Labute approximate surface area is 80.3 Å². The van der Waals surface area contributed by atoms with E-state index in [4.69, 9.17) is 5.11 Å². The molecule has 0 aromatic rings. The van der Waals surface area contributed by atoms with E-state index in [-0.39, 0.29) is 5.92 Å². The largest absolute Gasteiger partial charge is 0.481 e. The third-order valence-electron chi connectivity index (χ3n) is 3.38. The molecular weight excluding hydrogens is 164 g/mol. The van der Waals surface area contributed by atoms with E-state index in [1.165, 1.54) is 6.42 Å². The number of rotatable bonds is 4. The first kappa shape index (κ1) is 10.6. The molecule has 13 heavy (non-hydrogen) atoms. The van der Waals surface area contributed by atoms with Crippen LogP contribution >= 0.6 is 0 Å². The lowest BCUT2D eigenvalue weighted by Crippen LogP contribution is -2.19. The molecule has 0 spiro atoms. The number of aliphatic carboxylic acids is 1. The van der Waals surface area contributed by atoms with Gasteiger partial charge in [-0.05, 0) is 31.1 Å². The van der Waals surface area contributed by atoms with Crippen LogP contribution < -0.4 is 0 Å². The summed E-state index contributed by atoms with van der Waals surface area (Å²) in [6, 6.07) is 0. The molecule has 0 bridgehead atoms. The summed E-state index contributed by atoms with van der Waals surface area (Å²) in [5, 5.41) is 8.97. The van der Waals surface area contributed by atoms with Crippen molar-refractivity contribution in [3.63, 3.8) is 0 Å². The van der Waals surface area contributed by atoms with Crippen molar-refractivity contribution in [1.29, 1.82) is 0 Å². The molecule has 1 saturated carbocycles. The minimum absolute atomic E-state index is 0.0472. The van der Waals surface area contributed by atoms with Crippen LogP contribution in [-0.2, 0) is 4.79 Å². The van der Waals surface area contributed by atoms with Gasteiger partial charge in [0.15, 0.2) is 0 Å². The molecule has 0 aliphatic heterocycles. The summed E-state index contributed by atoms with van der Waals surface area (Å²) in [5.74, 6) is 0.511. The van der Waals surface area contributed by atoms with Crippen molar-refractivity contribution in [2.24, 2.45) is 17.8 Å². The maximum absolute atomic E-state index is 10.9. The van der Waals surface area contributed by atoms with Crippen molar-refractivity contribution >= 4 is 5.97 Å². The third-order valence-corrected chi connectivity index (χ3v) is 3.38. The molecule has 0 radical (unpaired) electrons. The van der Waals surface area contributed by atoms with Gasteiger partial charge in [0, 0.05) is 0 Å². The van der Waals surface area contributed by atoms with E-state index in [0.717, 1.165) is 25.7 Å². The normalized spacial score (nSPS) is 30.3. The molecule has 2 heteroatoms. The van der Waals surface area contributed by atoms with E-state index in [1.807, 2.05) is 0 Å². The molecule has 76 valence electrons. The molecule has 1 aliphatic rings. The highest BCUT2D eigenvalue weighted by molar-refractivity contribution is 5.70. The van der Waals surface area contributed by atoms with Crippen LogP contribution in [0.5, 0.6) is 0 Å². The molecule has 1 fully saturated rings. The van der Waals surface area contributed by atoms with Gasteiger partial charge in [0.2, 0.25) is 0 Å². The quantitative estimate of drug-likeness (QED) is 0.729. The minimum Gasteiger partial charge on any atom is -0.481 e. The summed E-state index contributed by atoms with van der Waals surface area (Å²) >= 11 is 0. The maximum Gasteiger partial charge on any atom is 0.306 e. The Balaban J connectivity index is 2.44. The summed E-state index contributed by atoms with van der Waals surface area (Å²) in [4.78, 5) is 10.9. The van der Waals surface area contributed by atoms with Crippen molar-refractivity contribution in [2.75, 3.05) is 0 Å². The topological polar surface area (TPSA) is 37.3 Å². The number of hydrogen-bond donors (Lipinski definition) is 1. The van der Waals surface area contributed by atoms with Gasteiger partial charge in [-0.1, -0.05) is 26.7 Å². The van der Waals surface area contributed by atoms with Crippen LogP contribution in [-0.4, -0.2) is 11.1 Å². The lowest BCUT2D eigenvalue weighted by molar-refractivity contribution is -0.143. The fraction of sp³-hybridized carbons (Fsp3) is 0.909. The lowest BCUT2D eigenvalue weighted by atomic mass is 9.86. The van der Waals surface area contributed by atoms with Gasteiger partial charge in [-0.3, -0.25) is 4.79 Å². The predicted octanol–water partition coefficient (Wildman–Crippen LogP) is 2.92. The molecule has 3 atom stereocenters. The second kappa shape index (κ2) is 4.64. The average molecular weight is 184 g/mol. The highest BCUT2D eigenvalue weighted by Gasteiger charge is 2.33. The predicted molar refractivity (Wildman–Crippen MR) is 52.5 cm³/mol. The zero-order valence-corrected chi connectivity index (χ0v) is 8.62. The van der Waals surface area contributed by atoms with Crippen molar-refractivity contribution in [2.45, 2.75) is 46.0 Å². The Morgan fingerprint density at radius 2 is 2.23 bits per heavy atom. The van der Waals surface area contributed by atoms with E-state index in [2.05, 4.69) is 13.8 Å². The van der Waals surface area contributed by atoms with Crippen LogP contribution in [0.2, 0.25) is 0 Å². The molecule has 0 heterocycles. The van der Waals surface area contributed by atoms with Crippen LogP contribution in [0.1, 0.15) is 46.0 Å². The molecule has 1 aliphatic carbocycles. The molecule has 0 saturated heterocycles. The van der Waals surface area contributed by atoms with E-state index in [0.29, 0.717) is 11.8 Å². The van der Waals surface area contributed by atoms with Crippen molar-refractivity contribution < 1.29 is 9.90 Å². The summed E-state index contributed by atoms with van der Waals surface area (Å²) < 4.78 is 0. The second-order valence-corrected chi connectivity index (χ2v) is 4.38. The van der Waals surface area contributed by atoms with Crippen molar-refractivity contribution in [3.8, 4) is 0 Å². The lowest BCUT2D eigenvalue weighted by Gasteiger charge is -2.18. The van der Waals surface area contributed by atoms with Crippen LogP contribution in [0.3, 0.4) is 0 Å². The Bertz CT molecular complexity index is 177. The molecular formula is C11H20O2. The van der Waals surface area contributed by atoms with Gasteiger partial charge < -0.3 is 5.11 Å². The minimum atomic E-state index is -0.578. The SMILES string of the molecule is CCC(C)CC1CCCC1C(=O)O. The first-order chi connectivity index (χ1) is 6.15. The fourth-order valence-electron chi connectivity index (χ4n) is 2.33. The summed E-state index contributed by atoms with van der Waals surface area (Å²) in [6.07, 6.45) is 5.41. The van der Waals surface area contributed by atoms with Crippen LogP contribution in [0.25, 0.3) is 0 Å². The number of hydrogen-bond acceptors (Lipinski definition) is 1. The van der Waals surface area contributed by atoms with Gasteiger partial charge in [-0.25, -0.2) is 0 Å². The zero-order valence-electron chi connectivity index (χ0n) is 8.62. The van der Waals surface area contributed by atoms with Crippen LogP contribution in [0, 0.1) is 17.8 Å². The number of carboxylic acids is 1. The molecule has 0 aromatic heterocycles. The van der Waals surface area contributed by atoms with Gasteiger partial charge >= 0.3 is 5.97 Å². The Hall–Kier alpha value is -0.530. The molecule has 2 nitrogen and oxygen atoms in total. The first-order valence-electron chi connectivity index (χ1n) is 5.38. The van der Waals surface area contributed by atoms with Gasteiger partial charge in [0.05, 0.1) is 5.92 Å². The second-order valence-electron chi connectivity index (χ2n) is 4.38. The van der Waals surface area contributed by atoms with Gasteiger partial charge in [-0.15, -0.1) is 0 Å². The molecule has 0 aromatic carbocycles.